The molecule has 1 aliphatic rings. The zero-order chi connectivity index (χ0) is 23.3. The van der Waals surface area contributed by atoms with Gasteiger partial charge in [0.25, 0.3) is 0 Å². The molecule has 2 heteroatoms. The van der Waals surface area contributed by atoms with E-state index in [1.165, 1.54) is 69.9 Å². The molecule has 8 rings (SSSR count). The number of nitrogens with zero attached hydrogens (tertiary/aromatic N) is 1. The van der Waals surface area contributed by atoms with E-state index in [1.807, 2.05) is 11.3 Å². The molecular formula is C33H23NS. The van der Waals surface area contributed by atoms with Crippen LogP contribution in [0.25, 0.3) is 58.8 Å². The Kier molecular flexibility index (Phi) is 3.67. The lowest BCUT2D eigenvalue weighted by atomic mass is 9.82. The molecule has 1 nitrogen and oxygen atoms in total. The van der Waals surface area contributed by atoms with E-state index in [2.05, 4.69) is 122 Å². The van der Waals surface area contributed by atoms with Crippen LogP contribution in [0.2, 0.25) is 0 Å². The topological polar surface area (TPSA) is 4.93 Å². The monoisotopic (exact) mass is 465 g/mol. The minimum absolute atomic E-state index is 0.00216. The normalized spacial score (nSPS) is 14.2. The van der Waals surface area contributed by atoms with Crippen molar-refractivity contribution < 1.29 is 0 Å². The second kappa shape index (κ2) is 6.62. The van der Waals surface area contributed by atoms with E-state index in [0.29, 0.717) is 0 Å². The summed E-state index contributed by atoms with van der Waals surface area (Å²) < 4.78 is 5.15. The number of thiophene rings is 1. The molecule has 2 heterocycles. The summed E-state index contributed by atoms with van der Waals surface area (Å²) in [7, 11) is 0. The Bertz CT molecular complexity index is 1980. The van der Waals surface area contributed by atoms with Crippen LogP contribution < -0.4 is 0 Å². The van der Waals surface area contributed by atoms with Crippen LogP contribution in [0, 0.1) is 0 Å². The highest BCUT2D eigenvalue weighted by Crippen LogP contribution is 2.51. The highest BCUT2D eigenvalue weighted by atomic mass is 32.1. The van der Waals surface area contributed by atoms with E-state index in [-0.39, 0.29) is 5.41 Å². The Morgan fingerprint density at radius 3 is 2.20 bits per heavy atom. The van der Waals surface area contributed by atoms with E-state index < -0.39 is 0 Å². The number of fused-ring (bicyclic) bond motifs is 9. The highest BCUT2D eigenvalue weighted by Gasteiger charge is 2.36. The largest absolute Gasteiger partial charge is 0.309 e. The van der Waals surface area contributed by atoms with Crippen LogP contribution in [-0.4, -0.2) is 4.57 Å². The zero-order valence-corrected chi connectivity index (χ0v) is 20.5. The number of hydrogen-bond donors (Lipinski definition) is 0. The molecule has 0 saturated carbocycles. The molecule has 0 N–H and O–H groups in total. The second-order valence-corrected chi connectivity index (χ2v) is 11.3. The predicted octanol–water partition coefficient (Wildman–Crippen LogP) is 9.46. The number of rotatable bonds is 1. The molecule has 0 unspecified atom stereocenters. The number of aromatic nitrogens is 1. The summed E-state index contributed by atoms with van der Waals surface area (Å²) in [6.07, 6.45) is 0. The maximum Gasteiger partial charge on any atom is 0.0547 e. The molecule has 0 saturated heterocycles. The summed E-state index contributed by atoms with van der Waals surface area (Å²) in [5.74, 6) is 0. The average Bonchev–Trinajstić information content (AvgIpc) is 3.49. The number of benzene rings is 5. The lowest BCUT2D eigenvalue weighted by Crippen LogP contribution is -2.14. The minimum Gasteiger partial charge on any atom is -0.309 e. The van der Waals surface area contributed by atoms with Gasteiger partial charge in [-0.2, -0.15) is 0 Å². The summed E-state index contributed by atoms with van der Waals surface area (Å²) in [4.78, 5) is 0. The smallest absolute Gasteiger partial charge is 0.0547 e. The molecule has 35 heavy (non-hydrogen) atoms. The van der Waals surface area contributed by atoms with Gasteiger partial charge in [-0.05, 0) is 64.7 Å². The number of hydrogen-bond acceptors (Lipinski definition) is 1. The molecule has 0 radical (unpaired) electrons. The van der Waals surface area contributed by atoms with Crippen molar-refractivity contribution in [3.63, 3.8) is 0 Å². The Labute approximate surface area is 207 Å². The summed E-state index contributed by atoms with van der Waals surface area (Å²) in [6, 6.07) is 38.4. The van der Waals surface area contributed by atoms with Gasteiger partial charge in [-0.15, -0.1) is 11.3 Å². The van der Waals surface area contributed by atoms with Gasteiger partial charge in [-0.3, -0.25) is 0 Å². The van der Waals surface area contributed by atoms with E-state index >= 15 is 0 Å². The molecule has 5 aromatic carbocycles. The first-order chi connectivity index (χ1) is 17.1. The van der Waals surface area contributed by atoms with Crippen LogP contribution in [0.3, 0.4) is 0 Å². The molecule has 0 spiro atoms. The summed E-state index contributed by atoms with van der Waals surface area (Å²) >= 11 is 1.87. The van der Waals surface area contributed by atoms with Crippen LogP contribution in [-0.2, 0) is 5.41 Å². The van der Waals surface area contributed by atoms with Crippen LogP contribution in [0.1, 0.15) is 25.0 Å². The Morgan fingerprint density at radius 1 is 0.543 bits per heavy atom. The average molecular weight is 466 g/mol. The molecule has 0 bridgehead atoms. The number of para-hydroxylation sites is 1. The van der Waals surface area contributed by atoms with Crippen molar-refractivity contribution in [3.8, 4) is 16.8 Å². The Hall–Kier alpha value is -3.88. The van der Waals surface area contributed by atoms with Crippen molar-refractivity contribution in [2.24, 2.45) is 0 Å². The van der Waals surface area contributed by atoms with Gasteiger partial charge >= 0.3 is 0 Å². The molecule has 166 valence electrons. The molecule has 1 aliphatic carbocycles. The predicted molar refractivity (Wildman–Crippen MR) is 151 cm³/mol. The third kappa shape index (κ3) is 2.47. The van der Waals surface area contributed by atoms with Gasteiger partial charge in [-0.1, -0.05) is 74.5 Å². The van der Waals surface area contributed by atoms with Crippen molar-refractivity contribution >= 4 is 53.3 Å². The van der Waals surface area contributed by atoms with Gasteiger partial charge in [0, 0.05) is 42.0 Å². The maximum absolute atomic E-state index is 2.46. The van der Waals surface area contributed by atoms with Crippen molar-refractivity contribution in [2.45, 2.75) is 19.3 Å². The quantitative estimate of drug-likeness (QED) is 0.227. The first-order valence-electron chi connectivity index (χ1n) is 12.2. The molecule has 7 aromatic rings. The van der Waals surface area contributed by atoms with E-state index in [0.717, 1.165) is 0 Å². The molecule has 0 atom stereocenters. The van der Waals surface area contributed by atoms with Gasteiger partial charge in [-0.25, -0.2) is 0 Å². The lowest BCUT2D eigenvalue weighted by Gasteiger charge is -2.21. The standard InChI is InChI=1S/C33H23NS/c1-33(2)27-12-6-3-9-21(27)24-19-30-25(18-28(24)33)22-10-4-7-13-29(22)34(30)20-15-16-32-26(17-20)23-11-5-8-14-31(23)35-32/h3-19H,1-2H3. The first-order valence-corrected chi connectivity index (χ1v) is 13.0. The zero-order valence-electron chi connectivity index (χ0n) is 19.7. The van der Waals surface area contributed by atoms with Crippen LogP contribution >= 0.6 is 11.3 Å². The summed E-state index contributed by atoms with van der Waals surface area (Å²) in [6.45, 7) is 4.72. The minimum atomic E-state index is -0.00216. The van der Waals surface area contributed by atoms with Crippen molar-refractivity contribution in [1.29, 1.82) is 0 Å². The Morgan fingerprint density at radius 2 is 1.29 bits per heavy atom. The third-order valence-electron chi connectivity index (χ3n) is 7.99. The van der Waals surface area contributed by atoms with E-state index in [9.17, 15) is 0 Å². The fourth-order valence-corrected chi connectivity index (χ4v) is 7.38. The Balaban J connectivity index is 1.50. The van der Waals surface area contributed by atoms with Gasteiger partial charge < -0.3 is 4.57 Å². The van der Waals surface area contributed by atoms with Gasteiger partial charge in [0.15, 0.2) is 0 Å². The van der Waals surface area contributed by atoms with E-state index in [4.69, 9.17) is 0 Å². The molecule has 0 aliphatic heterocycles. The molecular weight excluding hydrogens is 442 g/mol. The van der Waals surface area contributed by atoms with Crippen LogP contribution in [0.4, 0.5) is 0 Å². The molecule has 0 fully saturated rings. The first kappa shape index (κ1) is 19.4. The molecule has 2 aromatic heterocycles. The lowest BCUT2D eigenvalue weighted by molar-refractivity contribution is 0.661. The molecule has 0 amide bonds. The van der Waals surface area contributed by atoms with Crippen molar-refractivity contribution in [1.82, 2.24) is 4.57 Å². The summed E-state index contributed by atoms with van der Waals surface area (Å²) in [5, 5.41) is 5.32. The fraction of sp³-hybridized carbons (Fsp3) is 0.0909. The van der Waals surface area contributed by atoms with Gasteiger partial charge in [0.05, 0.1) is 11.0 Å². The van der Waals surface area contributed by atoms with Crippen LogP contribution in [0.5, 0.6) is 0 Å². The second-order valence-electron chi connectivity index (χ2n) is 10.2. The summed E-state index contributed by atoms with van der Waals surface area (Å²) in [5.41, 5.74) is 9.33. The van der Waals surface area contributed by atoms with Crippen molar-refractivity contribution in [3.05, 3.63) is 114 Å². The van der Waals surface area contributed by atoms with Crippen molar-refractivity contribution in [2.75, 3.05) is 0 Å². The van der Waals surface area contributed by atoms with E-state index in [1.54, 1.807) is 0 Å². The SMILES string of the molecule is CC1(C)c2ccccc2-c2cc3c(cc21)c1ccccc1n3-c1ccc2sc3ccccc3c2c1. The van der Waals surface area contributed by atoms with Crippen LogP contribution in [0.15, 0.2) is 103 Å². The maximum atomic E-state index is 2.46. The van der Waals surface area contributed by atoms with Gasteiger partial charge in [0.1, 0.15) is 0 Å². The van der Waals surface area contributed by atoms with Gasteiger partial charge in [0.2, 0.25) is 0 Å². The fourth-order valence-electron chi connectivity index (χ4n) is 6.29. The highest BCUT2D eigenvalue weighted by molar-refractivity contribution is 7.25. The third-order valence-corrected chi connectivity index (χ3v) is 9.15.